The van der Waals surface area contributed by atoms with Gasteiger partial charge in [-0.3, -0.25) is 19.4 Å². The molecule has 0 aromatic heterocycles. The quantitative estimate of drug-likeness (QED) is 0.284. The Hall–Kier alpha value is -4.01. The monoisotopic (exact) mass is 557 g/mol. The third-order valence-corrected chi connectivity index (χ3v) is 7.25. The fraction of sp³-hybridized carbons (Fsp3) is 0.364. The zero-order valence-electron chi connectivity index (χ0n) is 25.2. The molecule has 41 heavy (non-hydrogen) atoms. The van der Waals surface area contributed by atoms with Crippen molar-refractivity contribution in [2.24, 2.45) is 5.73 Å². The lowest BCUT2D eigenvalue weighted by Gasteiger charge is -2.37. The molecule has 2 atom stereocenters. The first-order chi connectivity index (χ1) is 19.3. The minimum absolute atomic E-state index is 0.263. The molecule has 2 N–H and O–H groups in total. The summed E-state index contributed by atoms with van der Waals surface area (Å²) in [4.78, 5) is 44.2. The van der Waals surface area contributed by atoms with E-state index in [0.717, 1.165) is 16.3 Å². The molecule has 0 fully saturated rings. The summed E-state index contributed by atoms with van der Waals surface area (Å²) in [5, 5.41) is 5.29. The van der Waals surface area contributed by atoms with Crippen molar-refractivity contribution in [3.05, 3.63) is 96.1 Å². The van der Waals surface area contributed by atoms with Gasteiger partial charge in [-0.15, -0.1) is 0 Å². The highest BCUT2D eigenvalue weighted by Gasteiger charge is 2.37. The summed E-state index contributed by atoms with van der Waals surface area (Å²) < 4.78 is 0. The Bertz CT molecular complexity index is 1380. The summed E-state index contributed by atoms with van der Waals surface area (Å²) in [5.41, 5.74) is 7.22. The number of carbonyl (C=O) groups is 3. The van der Waals surface area contributed by atoms with Crippen LogP contribution in [0.3, 0.4) is 0 Å². The maximum atomic E-state index is 14.3. The van der Waals surface area contributed by atoms with Gasteiger partial charge < -0.3 is 15.5 Å². The molecule has 0 radical (unpaired) electrons. The standard InChI is InChI=1S/C33H43N5O3/c1-33(2,34)21-13-18-29(39)36(5)28(23-24-19-20-25-14-11-12-17-27(25)22-24)31(40)37(6)30(26-15-9-8-10-16-26)32(41)38(7)35(3)4/h8-20,22,28,30H,21,23,34H2,1-7H3/b18-13+/t28-,30?/m1/s1. The molecule has 3 aromatic rings. The van der Waals surface area contributed by atoms with Crippen molar-refractivity contribution in [1.82, 2.24) is 19.8 Å². The molecular weight excluding hydrogens is 514 g/mol. The number of hydrazine groups is 1. The van der Waals surface area contributed by atoms with Gasteiger partial charge >= 0.3 is 0 Å². The second kappa shape index (κ2) is 13.6. The SMILES string of the molecule is CN(C(=O)[C@@H](Cc1ccc2ccccc2c1)N(C)C(=O)/C=C/CC(C)(C)N)C(C(=O)N(C)N(C)C)c1ccccc1. The molecule has 1 unspecified atom stereocenters. The van der Waals surface area contributed by atoms with Gasteiger partial charge in [0.15, 0.2) is 0 Å². The Labute approximate surface area is 244 Å². The summed E-state index contributed by atoms with van der Waals surface area (Å²) in [7, 11) is 8.46. The molecule has 0 saturated carbocycles. The molecule has 0 aliphatic carbocycles. The van der Waals surface area contributed by atoms with E-state index in [1.54, 1.807) is 46.3 Å². The summed E-state index contributed by atoms with van der Waals surface area (Å²) in [5.74, 6) is -0.911. The first kappa shape index (κ1) is 31.5. The summed E-state index contributed by atoms with van der Waals surface area (Å²) in [6, 6.07) is 21.5. The van der Waals surface area contributed by atoms with Gasteiger partial charge in [0, 0.05) is 47.2 Å². The van der Waals surface area contributed by atoms with Crippen molar-refractivity contribution in [3.8, 4) is 0 Å². The average molecular weight is 558 g/mol. The number of rotatable bonds is 11. The van der Waals surface area contributed by atoms with Gasteiger partial charge in [-0.05, 0) is 48.2 Å². The maximum Gasteiger partial charge on any atom is 0.263 e. The zero-order valence-corrected chi connectivity index (χ0v) is 25.2. The van der Waals surface area contributed by atoms with E-state index in [1.165, 1.54) is 20.9 Å². The molecule has 3 aromatic carbocycles. The van der Waals surface area contributed by atoms with Crippen LogP contribution in [-0.4, -0.2) is 84.4 Å². The van der Waals surface area contributed by atoms with Crippen molar-refractivity contribution in [2.75, 3.05) is 35.2 Å². The lowest BCUT2D eigenvalue weighted by atomic mass is 9.98. The smallest absolute Gasteiger partial charge is 0.263 e. The Morgan fingerprint density at radius 2 is 1.41 bits per heavy atom. The Morgan fingerprint density at radius 3 is 2.02 bits per heavy atom. The van der Waals surface area contributed by atoms with Crippen molar-refractivity contribution in [2.45, 2.75) is 44.3 Å². The predicted octanol–water partition coefficient (Wildman–Crippen LogP) is 4.03. The van der Waals surface area contributed by atoms with Crippen LogP contribution < -0.4 is 5.73 Å². The number of hydrogen-bond donors (Lipinski definition) is 1. The van der Waals surface area contributed by atoms with Gasteiger partial charge in [0.1, 0.15) is 12.1 Å². The fourth-order valence-corrected chi connectivity index (χ4v) is 4.62. The first-order valence-corrected chi connectivity index (χ1v) is 13.8. The Morgan fingerprint density at radius 1 is 0.805 bits per heavy atom. The summed E-state index contributed by atoms with van der Waals surface area (Å²) in [6.07, 6.45) is 4.00. The molecular formula is C33H43N5O3. The molecule has 8 nitrogen and oxygen atoms in total. The minimum atomic E-state index is -0.882. The molecule has 8 heteroatoms. The average Bonchev–Trinajstić information content (AvgIpc) is 2.94. The maximum absolute atomic E-state index is 14.3. The van der Waals surface area contributed by atoms with E-state index in [1.807, 2.05) is 86.6 Å². The van der Waals surface area contributed by atoms with Crippen LogP contribution in [0.4, 0.5) is 0 Å². The topological polar surface area (TPSA) is 90.2 Å². The molecule has 3 amide bonds. The van der Waals surface area contributed by atoms with Gasteiger partial charge in [-0.1, -0.05) is 78.9 Å². The van der Waals surface area contributed by atoms with Gasteiger partial charge in [-0.25, -0.2) is 5.01 Å². The predicted molar refractivity (Wildman–Crippen MR) is 165 cm³/mol. The van der Waals surface area contributed by atoms with E-state index in [-0.39, 0.29) is 24.1 Å². The summed E-state index contributed by atoms with van der Waals surface area (Å²) in [6.45, 7) is 3.77. The number of nitrogens with zero attached hydrogens (tertiary/aromatic N) is 4. The highest BCUT2D eigenvalue weighted by Crippen LogP contribution is 2.25. The number of fused-ring (bicyclic) bond motifs is 1. The molecule has 0 heterocycles. The molecule has 0 aliphatic rings. The number of likely N-dealkylation sites (N-methyl/N-ethyl adjacent to an activating group) is 3. The van der Waals surface area contributed by atoms with E-state index in [2.05, 4.69) is 0 Å². The highest BCUT2D eigenvalue weighted by atomic mass is 16.2. The zero-order chi connectivity index (χ0) is 30.3. The summed E-state index contributed by atoms with van der Waals surface area (Å²) >= 11 is 0. The van der Waals surface area contributed by atoms with E-state index in [9.17, 15) is 14.4 Å². The van der Waals surface area contributed by atoms with E-state index >= 15 is 0 Å². The lowest BCUT2D eigenvalue weighted by Crippen LogP contribution is -2.53. The molecule has 0 saturated heterocycles. The Balaban J connectivity index is 2.01. The largest absolute Gasteiger partial charge is 0.330 e. The minimum Gasteiger partial charge on any atom is -0.330 e. The molecule has 0 spiro atoms. The second-order valence-corrected chi connectivity index (χ2v) is 11.4. The van der Waals surface area contributed by atoms with E-state index < -0.39 is 17.6 Å². The van der Waals surface area contributed by atoms with Crippen LogP contribution >= 0.6 is 0 Å². The van der Waals surface area contributed by atoms with Crippen LogP contribution in [0.5, 0.6) is 0 Å². The normalized spacial score (nSPS) is 13.3. The van der Waals surface area contributed by atoms with Crippen LogP contribution in [0.2, 0.25) is 0 Å². The molecule has 218 valence electrons. The second-order valence-electron chi connectivity index (χ2n) is 11.4. The van der Waals surface area contributed by atoms with Crippen LogP contribution in [0.15, 0.2) is 84.9 Å². The van der Waals surface area contributed by atoms with Crippen LogP contribution in [0, 0.1) is 0 Å². The first-order valence-electron chi connectivity index (χ1n) is 13.8. The van der Waals surface area contributed by atoms with Crippen molar-refractivity contribution in [1.29, 1.82) is 0 Å². The fourth-order valence-electron chi connectivity index (χ4n) is 4.62. The van der Waals surface area contributed by atoms with E-state index in [0.29, 0.717) is 12.0 Å². The Kier molecular flexibility index (Phi) is 10.4. The van der Waals surface area contributed by atoms with E-state index in [4.69, 9.17) is 5.73 Å². The van der Waals surface area contributed by atoms with Crippen molar-refractivity contribution < 1.29 is 14.4 Å². The third kappa shape index (κ3) is 8.25. The number of nitrogens with two attached hydrogens (primary N) is 1. The van der Waals surface area contributed by atoms with Gasteiger partial charge in [0.25, 0.3) is 5.91 Å². The van der Waals surface area contributed by atoms with Gasteiger partial charge in [0.05, 0.1) is 0 Å². The molecule has 0 aliphatic heterocycles. The van der Waals surface area contributed by atoms with Gasteiger partial charge in [-0.2, -0.15) is 0 Å². The van der Waals surface area contributed by atoms with Crippen LogP contribution in [0.25, 0.3) is 10.8 Å². The molecule has 0 bridgehead atoms. The lowest BCUT2D eigenvalue weighted by molar-refractivity contribution is -0.155. The van der Waals surface area contributed by atoms with Crippen LogP contribution in [0.1, 0.15) is 37.4 Å². The number of carbonyl (C=O) groups excluding carboxylic acids is 3. The van der Waals surface area contributed by atoms with Crippen LogP contribution in [-0.2, 0) is 20.8 Å². The van der Waals surface area contributed by atoms with Gasteiger partial charge in [0.2, 0.25) is 11.8 Å². The van der Waals surface area contributed by atoms with Crippen molar-refractivity contribution >= 4 is 28.5 Å². The third-order valence-electron chi connectivity index (χ3n) is 7.25. The molecule has 3 rings (SSSR count). The highest BCUT2D eigenvalue weighted by molar-refractivity contribution is 5.95. The number of amides is 3. The number of hydrogen-bond acceptors (Lipinski definition) is 5. The van der Waals surface area contributed by atoms with Crippen molar-refractivity contribution in [3.63, 3.8) is 0 Å². The number of benzene rings is 3.